The first kappa shape index (κ1) is 11.4. The number of nitrogen functional groups attached to an aromatic ring is 1. The average molecular weight is 234 g/mol. The van der Waals surface area contributed by atoms with E-state index in [1.54, 1.807) is 23.9 Å². The minimum atomic E-state index is -0.283. The summed E-state index contributed by atoms with van der Waals surface area (Å²) in [4.78, 5) is 0. The molecular formula is C12H15FN4. The molecule has 1 aromatic carbocycles. The highest BCUT2D eigenvalue weighted by Crippen LogP contribution is 2.22. The predicted octanol–water partition coefficient (Wildman–Crippen LogP) is 2.06. The van der Waals surface area contributed by atoms with Gasteiger partial charge in [0, 0.05) is 25.4 Å². The molecule has 1 heterocycles. The molecule has 4 nitrogen and oxygen atoms in total. The molecule has 0 spiro atoms. The Balaban J connectivity index is 2.11. The van der Waals surface area contributed by atoms with Crippen molar-refractivity contribution in [2.75, 3.05) is 11.1 Å². The number of rotatable bonds is 3. The summed E-state index contributed by atoms with van der Waals surface area (Å²) in [5.74, 6) is -0.283. The van der Waals surface area contributed by atoms with Crippen LogP contribution in [0.2, 0.25) is 0 Å². The van der Waals surface area contributed by atoms with E-state index >= 15 is 0 Å². The lowest BCUT2D eigenvalue weighted by Crippen LogP contribution is -2.03. The first-order chi connectivity index (χ1) is 8.06. The summed E-state index contributed by atoms with van der Waals surface area (Å²) in [6.07, 6.45) is 3.69. The van der Waals surface area contributed by atoms with Crippen LogP contribution in [0.1, 0.15) is 11.1 Å². The molecule has 17 heavy (non-hydrogen) atoms. The number of hydrogen-bond donors (Lipinski definition) is 2. The Morgan fingerprint density at radius 3 is 2.88 bits per heavy atom. The Kier molecular flexibility index (Phi) is 2.99. The molecular weight excluding hydrogens is 219 g/mol. The molecule has 5 heteroatoms. The van der Waals surface area contributed by atoms with E-state index in [9.17, 15) is 4.39 Å². The van der Waals surface area contributed by atoms with Gasteiger partial charge in [0.15, 0.2) is 0 Å². The van der Waals surface area contributed by atoms with Crippen LogP contribution in [-0.2, 0) is 13.6 Å². The van der Waals surface area contributed by atoms with Crippen molar-refractivity contribution < 1.29 is 4.39 Å². The van der Waals surface area contributed by atoms with Gasteiger partial charge in [-0.05, 0) is 24.6 Å². The third kappa shape index (κ3) is 2.55. The topological polar surface area (TPSA) is 55.9 Å². The second kappa shape index (κ2) is 4.45. The Labute approximate surface area is 99.2 Å². The Morgan fingerprint density at radius 2 is 2.24 bits per heavy atom. The summed E-state index contributed by atoms with van der Waals surface area (Å²) in [7, 11) is 1.86. The summed E-state index contributed by atoms with van der Waals surface area (Å²) in [6, 6.07) is 3.04. The minimum Gasteiger partial charge on any atom is -0.397 e. The second-order valence-corrected chi connectivity index (χ2v) is 4.06. The molecule has 0 saturated carbocycles. The van der Waals surface area contributed by atoms with Crippen molar-refractivity contribution in [3.63, 3.8) is 0 Å². The monoisotopic (exact) mass is 234 g/mol. The number of halogens is 1. The van der Waals surface area contributed by atoms with Gasteiger partial charge in [-0.1, -0.05) is 0 Å². The molecule has 0 aliphatic heterocycles. The number of aromatic nitrogens is 2. The van der Waals surface area contributed by atoms with Crippen molar-refractivity contribution in [1.29, 1.82) is 0 Å². The maximum atomic E-state index is 13.2. The summed E-state index contributed by atoms with van der Waals surface area (Å²) in [6.45, 7) is 2.33. The number of nitrogens with two attached hydrogens (primary N) is 1. The lowest BCUT2D eigenvalue weighted by Gasteiger charge is -2.09. The fourth-order valence-electron chi connectivity index (χ4n) is 1.61. The van der Waals surface area contributed by atoms with Crippen molar-refractivity contribution >= 4 is 11.4 Å². The standard InChI is InChI=1S/C12H15FN4/c1-8-3-12(11(14)4-10(8)13)15-5-9-6-16-17(2)7-9/h3-4,6-7,15H,5,14H2,1-2H3. The first-order valence-corrected chi connectivity index (χ1v) is 5.33. The number of nitrogens with zero attached hydrogens (tertiary/aromatic N) is 2. The SMILES string of the molecule is Cc1cc(NCc2cnn(C)c2)c(N)cc1F. The number of aryl methyl sites for hydroxylation is 2. The highest BCUT2D eigenvalue weighted by Gasteiger charge is 2.05. The van der Waals surface area contributed by atoms with E-state index in [2.05, 4.69) is 10.4 Å². The number of nitrogens with one attached hydrogen (secondary N) is 1. The third-order valence-corrected chi connectivity index (χ3v) is 2.57. The van der Waals surface area contributed by atoms with E-state index < -0.39 is 0 Å². The van der Waals surface area contributed by atoms with Crippen molar-refractivity contribution in [2.45, 2.75) is 13.5 Å². The zero-order chi connectivity index (χ0) is 12.4. The quantitative estimate of drug-likeness (QED) is 0.799. The van der Waals surface area contributed by atoms with E-state index in [0.29, 0.717) is 17.8 Å². The molecule has 0 bridgehead atoms. The van der Waals surface area contributed by atoms with E-state index in [1.807, 2.05) is 13.2 Å². The molecule has 2 rings (SSSR count). The van der Waals surface area contributed by atoms with Gasteiger partial charge < -0.3 is 11.1 Å². The Hall–Kier alpha value is -2.04. The summed E-state index contributed by atoms with van der Waals surface area (Å²) in [5, 5.41) is 7.23. The molecule has 1 aromatic heterocycles. The lowest BCUT2D eigenvalue weighted by atomic mass is 10.1. The normalized spacial score (nSPS) is 10.5. The van der Waals surface area contributed by atoms with Crippen molar-refractivity contribution in [2.24, 2.45) is 7.05 Å². The van der Waals surface area contributed by atoms with Crippen LogP contribution < -0.4 is 11.1 Å². The van der Waals surface area contributed by atoms with E-state index in [4.69, 9.17) is 5.73 Å². The van der Waals surface area contributed by atoms with Crippen LogP contribution in [-0.4, -0.2) is 9.78 Å². The fraction of sp³-hybridized carbons (Fsp3) is 0.250. The van der Waals surface area contributed by atoms with Crippen molar-refractivity contribution in [1.82, 2.24) is 9.78 Å². The van der Waals surface area contributed by atoms with Gasteiger partial charge in [-0.15, -0.1) is 0 Å². The Morgan fingerprint density at radius 1 is 1.47 bits per heavy atom. The summed E-state index contributed by atoms with van der Waals surface area (Å²) in [5.41, 5.74) is 8.52. The highest BCUT2D eigenvalue weighted by molar-refractivity contribution is 5.67. The molecule has 90 valence electrons. The van der Waals surface area contributed by atoms with Crippen LogP contribution in [0, 0.1) is 12.7 Å². The highest BCUT2D eigenvalue weighted by atomic mass is 19.1. The van der Waals surface area contributed by atoms with Gasteiger partial charge in [0.2, 0.25) is 0 Å². The number of benzene rings is 1. The second-order valence-electron chi connectivity index (χ2n) is 4.06. The van der Waals surface area contributed by atoms with Gasteiger partial charge in [-0.2, -0.15) is 5.10 Å². The zero-order valence-electron chi connectivity index (χ0n) is 9.87. The van der Waals surface area contributed by atoms with Gasteiger partial charge in [0.25, 0.3) is 0 Å². The van der Waals surface area contributed by atoms with E-state index in [1.165, 1.54) is 6.07 Å². The van der Waals surface area contributed by atoms with Gasteiger partial charge >= 0.3 is 0 Å². The molecule has 0 aliphatic rings. The maximum absolute atomic E-state index is 13.2. The predicted molar refractivity (Wildman–Crippen MR) is 66.1 cm³/mol. The van der Waals surface area contributed by atoms with Gasteiger partial charge in [0.1, 0.15) is 5.82 Å². The lowest BCUT2D eigenvalue weighted by molar-refractivity contribution is 0.619. The third-order valence-electron chi connectivity index (χ3n) is 2.57. The minimum absolute atomic E-state index is 0.283. The van der Waals surface area contributed by atoms with Crippen molar-refractivity contribution in [3.8, 4) is 0 Å². The van der Waals surface area contributed by atoms with E-state index in [0.717, 1.165) is 11.3 Å². The largest absolute Gasteiger partial charge is 0.397 e. The van der Waals surface area contributed by atoms with Gasteiger partial charge in [-0.3, -0.25) is 4.68 Å². The zero-order valence-corrected chi connectivity index (χ0v) is 9.87. The Bertz CT molecular complexity index is 533. The van der Waals surface area contributed by atoms with Crippen LogP contribution in [0.5, 0.6) is 0 Å². The summed E-state index contributed by atoms with van der Waals surface area (Å²) < 4.78 is 14.9. The molecule has 0 amide bonds. The van der Waals surface area contributed by atoms with Gasteiger partial charge in [0.05, 0.1) is 17.6 Å². The number of hydrogen-bond acceptors (Lipinski definition) is 3. The van der Waals surface area contributed by atoms with E-state index in [-0.39, 0.29) is 5.82 Å². The molecule has 0 fully saturated rings. The molecule has 0 aliphatic carbocycles. The smallest absolute Gasteiger partial charge is 0.128 e. The average Bonchev–Trinajstić information content (AvgIpc) is 2.68. The van der Waals surface area contributed by atoms with Crippen LogP contribution in [0.3, 0.4) is 0 Å². The molecule has 0 saturated heterocycles. The van der Waals surface area contributed by atoms with Gasteiger partial charge in [-0.25, -0.2) is 4.39 Å². The van der Waals surface area contributed by atoms with Crippen LogP contribution in [0.15, 0.2) is 24.5 Å². The molecule has 0 atom stereocenters. The summed E-state index contributed by atoms with van der Waals surface area (Å²) >= 11 is 0. The van der Waals surface area contributed by atoms with Crippen LogP contribution in [0.4, 0.5) is 15.8 Å². The molecule has 3 N–H and O–H groups in total. The molecule has 0 radical (unpaired) electrons. The number of anilines is 2. The fourth-order valence-corrected chi connectivity index (χ4v) is 1.61. The van der Waals surface area contributed by atoms with Crippen LogP contribution >= 0.6 is 0 Å². The van der Waals surface area contributed by atoms with Crippen LogP contribution in [0.25, 0.3) is 0 Å². The molecule has 2 aromatic rings. The first-order valence-electron chi connectivity index (χ1n) is 5.33. The van der Waals surface area contributed by atoms with Crippen molar-refractivity contribution in [3.05, 3.63) is 41.5 Å². The molecule has 0 unspecified atom stereocenters. The maximum Gasteiger partial charge on any atom is 0.128 e.